The van der Waals surface area contributed by atoms with Crippen molar-refractivity contribution in [3.05, 3.63) is 71.8 Å². The van der Waals surface area contributed by atoms with Crippen LogP contribution < -0.4 is 4.72 Å². The van der Waals surface area contributed by atoms with E-state index >= 15 is 0 Å². The van der Waals surface area contributed by atoms with E-state index < -0.39 is 10.0 Å². The van der Waals surface area contributed by atoms with E-state index in [0.29, 0.717) is 12.1 Å². The zero-order chi connectivity index (χ0) is 15.5. The summed E-state index contributed by atoms with van der Waals surface area (Å²) >= 11 is 0. The van der Waals surface area contributed by atoms with Gasteiger partial charge in [0.15, 0.2) is 0 Å². The van der Waals surface area contributed by atoms with Gasteiger partial charge in [0.1, 0.15) is 0 Å². The van der Waals surface area contributed by atoms with Gasteiger partial charge in [-0.25, -0.2) is 8.42 Å². The second kappa shape index (κ2) is 6.14. The number of para-hydroxylation sites is 1. The van der Waals surface area contributed by atoms with Gasteiger partial charge in [0.25, 0.3) is 10.0 Å². The number of sulfonamides is 1. The van der Waals surface area contributed by atoms with Crippen LogP contribution in [0.5, 0.6) is 0 Å². The molecular formula is C17H19NO2S. The fraction of sp³-hybridized carbons (Fsp3) is 0.176. The quantitative estimate of drug-likeness (QED) is 0.851. The molecule has 2 aromatic rings. The van der Waals surface area contributed by atoms with Gasteiger partial charge in [-0.1, -0.05) is 48.0 Å². The summed E-state index contributed by atoms with van der Waals surface area (Å²) < 4.78 is 27.5. The van der Waals surface area contributed by atoms with Crippen LogP contribution >= 0.6 is 0 Å². The van der Waals surface area contributed by atoms with Crippen LogP contribution in [0.1, 0.15) is 18.1 Å². The van der Waals surface area contributed by atoms with Gasteiger partial charge >= 0.3 is 0 Å². The second-order valence-electron chi connectivity index (χ2n) is 5.21. The van der Waals surface area contributed by atoms with E-state index in [1.165, 1.54) is 0 Å². The van der Waals surface area contributed by atoms with Crippen molar-refractivity contribution in [2.75, 3.05) is 4.72 Å². The fourth-order valence-electron chi connectivity index (χ4n) is 2.02. The fourth-order valence-corrected chi connectivity index (χ4v) is 3.12. The van der Waals surface area contributed by atoms with Gasteiger partial charge < -0.3 is 0 Å². The van der Waals surface area contributed by atoms with Crippen LogP contribution in [0, 0.1) is 6.92 Å². The smallest absolute Gasteiger partial charge is 0.261 e. The minimum Gasteiger partial charge on any atom is -0.279 e. The van der Waals surface area contributed by atoms with E-state index in [0.717, 1.165) is 16.7 Å². The molecule has 110 valence electrons. The molecule has 0 unspecified atom stereocenters. The summed E-state index contributed by atoms with van der Waals surface area (Å²) in [6, 6.07) is 14.2. The Morgan fingerprint density at radius 2 is 1.71 bits per heavy atom. The summed E-state index contributed by atoms with van der Waals surface area (Å²) in [7, 11) is -3.57. The average molecular weight is 301 g/mol. The van der Waals surface area contributed by atoms with Crippen LogP contribution in [0.15, 0.2) is 65.6 Å². The molecule has 0 amide bonds. The van der Waals surface area contributed by atoms with E-state index in [4.69, 9.17) is 0 Å². The third-order valence-electron chi connectivity index (χ3n) is 3.09. The maximum Gasteiger partial charge on any atom is 0.261 e. The van der Waals surface area contributed by atoms with Gasteiger partial charge in [0.05, 0.1) is 10.6 Å². The lowest BCUT2D eigenvalue weighted by atomic mass is 10.1. The van der Waals surface area contributed by atoms with E-state index in [1.54, 1.807) is 30.3 Å². The third kappa shape index (κ3) is 3.95. The van der Waals surface area contributed by atoms with Crippen molar-refractivity contribution >= 4 is 15.7 Å². The molecule has 0 saturated heterocycles. The van der Waals surface area contributed by atoms with Gasteiger partial charge in [-0.05, 0) is 44.0 Å². The van der Waals surface area contributed by atoms with Gasteiger partial charge in [-0.2, -0.15) is 0 Å². The zero-order valence-electron chi connectivity index (χ0n) is 12.3. The molecule has 0 radical (unpaired) electrons. The molecule has 0 aromatic heterocycles. The average Bonchev–Trinajstić information content (AvgIpc) is 2.40. The van der Waals surface area contributed by atoms with Crippen LogP contribution in [0.4, 0.5) is 5.69 Å². The van der Waals surface area contributed by atoms with E-state index in [-0.39, 0.29) is 4.90 Å². The highest BCUT2D eigenvalue weighted by Gasteiger charge is 2.15. The van der Waals surface area contributed by atoms with Crippen molar-refractivity contribution in [1.82, 2.24) is 0 Å². The van der Waals surface area contributed by atoms with Gasteiger partial charge in [-0.3, -0.25) is 4.72 Å². The Balaban J connectivity index is 2.33. The lowest BCUT2D eigenvalue weighted by Gasteiger charge is -2.12. The van der Waals surface area contributed by atoms with E-state index in [9.17, 15) is 8.42 Å². The lowest BCUT2D eigenvalue weighted by Crippen LogP contribution is -2.14. The first-order chi connectivity index (χ1) is 9.88. The van der Waals surface area contributed by atoms with Crippen LogP contribution in [-0.4, -0.2) is 8.42 Å². The first kappa shape index (κ1) is 15.3. The molecule has 0 atom stereocenters. The van der Waals surface area contributed by atoms with Crippen LogP contribution in [0.3, 0.4) is 0 Å². The normalized spacial score (nSPS) is 11.1. The summed E-state index contributed by atoms with van der Waals surface area (Å²) in [5.41, 5.74) is 3.52. The number of benzene rings is 2. The molecule has 0 aliphatic rings. The molecule has 4 heteroatoms. The predicted molar refractivity (Wildman–Crippen MR) is 86.9 cm³/mol. The molecule has 2 rings (SSSR count). The summed E-state index contributed by atoms with van der Waals surface area (Å²) in [6.45, 7) is 7.72. The number of anilines is 1. The highest BCUT2D eigenvalue weighted by atomic mass is 32.2. The monoisotopic (exact) mass is 301 g/mol. The van der Waals surface area contributed by atoms with Gasteiger partial charge in [0, 0.05) is 0 Å². The number of hydrogen-bond donors (Lipinski definition) is 1. The highest BCUT2D eigenvalue weighted by Crippen LogP contribution is 2.22. The number of rotatable bonds is 5. The molecule has 0 bridgehead atoms. The molecule has 0 saturated carbocycles. The Morgan fingerprint density at radius 1 is 1.10 bits per heavy atom. The standard InChI is InChI=1S/C17H19NO2S/c1-13(2)12-15-6-4-5-7-17(15)18-21(19,20)16-10-8-14(3)9-11-16/h4-11,18H,1,12H2,2-3H3. The number of nitrogens with one attached hydrogen (secondary N) is 1. The van der Waals surface area contributed by atoms with Crippen molar-refractivity contribution in [2.45, 2.75) is 25.2 Å². The first-order valence-corrected chi connectivity index (χ1v) is 8.18. The Bertz CT molecular complexity index is 747. The van der Waals surface area contributed by atoms with Crippen LogP contribution in [0.2, 0.25) is 0 Å². The molecule has 0 aliphatic carbocycles. The summed E-state index contributed by atoms with van der Waals surface area (Å²) in [5, 5.41) is 0. The largest absolute Gasteiger partial charge is 0.279 e. The van der Waals surface area contributed by atoms with Gasteiger partial charge in [-0.15, -0.1) is 0 Å². The highest BCUT2D eigenvalue weighted by molar-refractivity contribution is 7.92. The molecule has 0 spiro atoms. The van der Waals surface area contributed by atoms with Crippen LogP contribution in [-0.2, 0) is 16.4 Å². The SMILES string of the molecule is C=C(C)Cc1ccccc1NS(=O)(=O)c1ccc(C)cc1. The van der Waals surface area contributed by atoms with Crippen molar-refractivity contribution in [2.24, 2.45) is 0 Å². The third-order valence-corrected chi connectivity index (χ3v) is 4.47. The van der Waals surface area contributed by atoms with Crippen molar-refractivity contribution in [3.63, 3.8) is 0 Å². The maximum atomic E-state index is 12.4. The molecule has 3 nitrogen and oxygen atoms in total. The molecule has 0 heterocycles. The number of allylic oxidation sites excluding steroid dienone is 1. The number of hydrogen-bond acceptors (Lipinski definition) is 2. The minimum atomic E-state index is -3.57. The summed E-state index contributed by atoms with van der Waals surface area (Å²) in [4.78, 5) is 0.262. The topological polar surface area (TPSA) is 46.2 Å². The molecule has 0 aliphatic heterocycles. The second-order valence-corrected chi connectivity index (χ2v) is 6.89. The molecular weight excluding hydrogens is 282 g/mol. The maximum absolute atomic E-state index is 12.4. The van der Waals surface area contributed by atoms with Crippen molar-refractivity contribution < 1.29 is 8.42 Å². The molecule has 2 aromatic carbocycles. The van der Waals surface area contributed by atoms with Crippen molar-refractivity contribution in [3.8, 4) is 0 Å². The Kier molecular flexibility index (Phi) is 4.48. The molecule has 1 N–H and O–H groups in total. The van der Waals surface area contributed by atoms with Gasteiger partial charge in [0.2, 0.25) is 0 Å². The van der Waals surface area contributed by atoms with E-state index in [2.05, 4.69) is 11.3 Å². The number of aryl methyl sites for hydroxylation is 1. The predicted octanol–water partition coefficient (Wildman–Crippen LogP) is 3.91. The molecule has 21 heavy (non-hydrogen) atoms. The summed E-state index contributed by atoms with van der Waals surface area (Å²) in [6.07, 6.45) is 0.645. The van der Waals surface area contributed by atoms with Crippen molar-refractivity contribution in [1.29, 1.82) is 0 Å². The Hall–Kier alpha value is -2.07. The first-order valence-electron chi connectivity index (χ1n) is 6.70. The molecule has 0 fully saturated rings. The Morgan fingerprint density at radius 3 is 2.33 bits per heavy atom. The Labute approximate surface area is 126 Å². The van der Waals surface area contributed by atoms with Crippen LogP contribution in [0.25, 0.3) is 0 Å². The minimum absolute atomic E-state index is 0.262. The zero-order valence-corrected chi connectivity index (χ0v) is 13.1. The summed E-state index contributed by atoms with van der Waals surface area (Å²) in [5.74, 6) is 0. The lowest BCUT2D eigenvalue weighted by molar-refractivity contribution is 0.601. The van der Waals surface area contributed by atoms with E-state index in [1.807, 2.05) is 32.0 Å².